The first-order chi connectivity index (χ1) is 24.3. The highest BCUT2D eigenvalue weighted by Gasteiger charge is 2.25. The Morgan fingerprint density at radius 3 is 1.58 bits per heavy atom. The second-order valence-electron chi connectivity index (χ2n) is 12.8. The van der Waals surface area contributed by atoms with Gasteiger partial charge >= 0.3 is 19.8 Å². The van der Waals surface area contributed by atoms with E-state index in [2.05, 4.69) is 62.5 Å². The number of carbonyl (C=O) groups excluding carboxylic acids is 2. The van der Waals surface area contributed by atoms with E-state index in [1.807, 2.05) is 0 Å². The van der Waals surface area contributed by atoms with E-state index >= 15 is 0 Å². The minimum atomic E-state index is -4.38. The molecule has 10 heteroatoms. The number of rotatable bonds is 36. The van der Waals surface area contributed by atoms with Crippen molar-refractivity contribution in [2.45, 2.75) is 168 Å². The van der Waals surface area contributed by atoms with E-state index in [1.54, 1.807) is 0 Å². The number of hydrogen-bond donors (Lipinski definition) is 2. The Morgan fingerprint density at radius 2 is 1.06 bits per heavy atom. The molecule has 0 saturated carbocycles. The molecule has 0 saturated heterocycles. The lowest BCUT2D eigenvalue weighted by molar-refractivity contribution is -0.161. The molecule has 9 nitrogen and oxygen atoms in total. The van der Waals surface area contributed by atoms with Gasteiger partial charge in [-0.15, -0.1) is 0 Å². The summed E-state index contributed by atoms with van der Waals surface area (Å²) in [6.07, 6.45) is 39.9. The van der Waals surface area contributed by atoms with Crippen molar-refractivity contribution < 1.29 is 37.6 Å². The molecular weight excluding hydrogens is 653 g/mol. The molecule has 0 rings (SSSR count). The van der Waals surface area contributed by atoms with E-state index in [0.717, 1.165) is 83.5 Å². The molecule has 0 aliphatic carbocycles. The fraction of sp³-hybridized carbons (Fsp3) is 0.750. The van der Waals surface area contributed by atoms with Crippen molar-refractivity contribution >= 4 is 19.8 Å². The molecule has 2 unspecified atom stereocenters. The minimum Gasteiger partial charge on any atom is -0.462 e. The summed E-state index contributed by atoms with van der Waals surface area (Å²) >= 11 is 0. The van der Waals surface area contributed by atoms with Crippen LogP contribution in [0.5, 0.6) is 0 Å². The van der Waals surface area contributed by atoms with Gasteiger partial charge in [0, 0.05) is 19.4 Å². The smallest absolute Gasteiger partial charge is 0.462 e. The average molecular weight is 726 g/mol. The predicted octanol–water partition coefficient (Wildman–Crippen LogP) is 10.8. The van der Waals surface area contributed by atoms with Crippen LogP contribution in [0.3, 0.4) is 0 Å². The summed E-state index contributed by atoms with van der Waals surface area (Å²) in [5, 5.41) is 0. The molecule has 0 fully saturated rings. The summed E-state index contributed by atoms with van der Waals surface area (Å²) in [7, 11) is -4.38. The maximum Gasteiger partial charge on any atom is 0.472 e. The van der Waals surface area contributed by atoms with Gasteiger partial charge in [0.05, 0.1) is 13.2 Å². The van der Waals surface area contributed by atoms with Crippen LogP contribution in [0.15, 0.2) is 48.6 Å². The van der Waals surface area contributed by atoms with Crippen LogP contribution in [0.25, 0.3) is 0 Å². The van der Waals surface area contributed by atoms with E-state index < -0.39 is 32.5 Å². The van der Waals surface area contributed by atoms with Crippen LogP contribution >= 0.6 is 7.82 Å². The Hall–Kier alpha value is -2.03. The van der Waals surface area contributed by atoms with Gasteiger partial charge in [0.25, 0.3) is 0 Å². The molecule has 0 aliphatic heterocycles. The van der Waals surface area contributed by atoms with E-state index in [4.69, 9.17) is 24.3 Å². The number of allylic oxidation sites excluding steroid dienone is 8. The first-order valence-electron chi connectivity index (χ1n) is 19.6. The van der Waals surface area contributed by atoms with Crippen LogP contribution in [0, 0.1) is 0 Å². The summed E-state index contributed by atoms with van der Waals surface area (Å²) in [6.45, 7) is 3.61. The van der Waals surface area contributed by atoms with Crippen molar-refractivity contribution in [3.8, 4) is 0 Å². The van der Waals surface area contributed by atoms with Crippen molar-refractivity contribution in [3.05, 3.63) is 48.6 Å². The molecule has 0 radical (unpaired) electrons. The van der Waals surface area contributed by atoms with Gasteiger partial charge in [-0.2, -0.15) is 0 Å². The van der Waals surface area contributed by atoms with Gasteiger partial charge in [-0.1, -0.05) is 127 Å². The maximum atomic E-state index is 12.5. The van der Waals surface area contributed by atoms with Crippen LogP contribution < -0.4 is 5.73 Å². The molecule has 0 heterocycles. The molecule has 0 aliphatic rings. The normalized spacial score (nSPS) is 13.9. The first-order valence-corrected chi connectivity index (χ1v) is 21.1. The Kier molecular flexibility index (Phi) is 35.3. The number of carbonyl (C=O) groups is 2. The summed E-state index contributed by atoms with van der Waals surface area (Å²) < 4.78 is 32.6. The van der Waals surface area contributed by atoms with Gasteiger partial charge < -0.3 is 20.1 Å². The zero-order chi connectivity index (χ0) is 36.8. The molecular formula is C40H72NO8P. The highest BCUT2D eigenvalue weighted by Crippen LogP contribution is 2.43. The second kappa shape index (κ2) is 36.8. The number of nitrogens with two attached hydrogens (primary N) is 1. The van der Waals surface area contributed by atoms with Crippen molar-refractivity contribution in [2.75, 3.05) is 26.4 Å². The average Bonchev–Trinajstić information content (AvgIpc) is 3.10. The third-order valence-corrected chi connectivity index (χ3v) is 8.92. The third kappa shape index (κ3) is 35.8. The number of phosphoric acid groups is 1. The topological polar surface area (TPSA) is 134 Å². The summed E-state index contributed by atoms with van der Waals surface area (Å²) in [6, 6.07) is 0. The van der Waals surface area contributed by atoms with E-state index in [0.29, 0.717) is 12.8 Å². The van der Waals surface area contributed by atoms with Crippen LogP contribution in [0.2, 0.25) is 0 Å². The zero-order valence-electron chi connectivity index (χ0n) is 31.6. The molecule has 0 aromatic rings. The van der Waals surface area contributed by atoms with Gasteiger partial charge in [-0.3, -0.25) is 18.6 Å². The highest BCUT2D eigenvalue weighted by atomic mass is 31.2. The fourth-order valence-corrected chi connectivity index (χ4v) is 5.74. The van der Waals surface area contributed by atoms with Gasteiger partial charge in [0.15, 0.2) is 6.10 Å². The van der Waals surface area contributed by atoms with Gasteiger partial charge in [-0.05, 0) is 70.6 Å². The van der Waals surface area contributed by atoms with E-state index in [1.165, 1.54) is 38.5 Å². The van der Waals surface area contributed by atoms with Crippen molar-refractivity contribution in [2.24, 2.45) is 5.73 Å². The van der Waals surface area contributed by atoms with Crippen LogP contribution in [-0.4, -0.2) is 49.3 Å². The maximum absolute atomic E-state index is 12.5. The number of esters is 2. The van der Waals surface area contributed by atoms with Gasteiger partial charge in [-0.25, -0.2) is 4.57 Å². The number of hydrogen-bond acceptors (Lipinski definition) is 8. The standard InChI is InChI=1S/C40H72NO8P/c1-3-5-7-9-11-13-15-17-19-21-23-25-27-29-31-33-40(43)49-38(37-48-50(44,45)47-35-34-41)36-46-39(42)32-30-28-26-24-22-20-18-16-14-12-10-8-6-4-2/h10-13,16-19,38H,3-9,14-15,20-37,41H2,1-2H3,(H,44,45)/b12-10-,13-11-,18-16-,19-17-. The zero-order valence-corrected chi connectivity index (χ0v) is 32.5. The largest absolute Gasteiger partial charge is 0.472 e. The number of phosphoric ester groups is 1. The van der Waals surface area contributed by atoms with Gasteiger partial charge in [0.1, 0.15) is 6.61 Å². The molecule has 0 bridgehead atoms. The number of ether oxygens (including phenoxy) is 2. The van der Waals surface area contributed by atoms with Crippen LogP contribution in [-0.2, 0) is 32.7 Å². The molecule has 0 spiro atoms. The third-order valence-electron chi connectivity index (χ3n) is 7.94. The van der Waals surface area contributed by atoms with E-state index in [9.17, 15) is 19.0 Å². The molecule has 0 aromatic carbocycles. The van der Waals surface area contributed by atoms with Crippen molar-refractivity contribution in [1.29, 1.82) is 0 Å². The van der Waals surface area contributed by atoms with Crippen LogP contribution in [0.1, 0.15) is 162 Å². The molecule has 0 aromatic heterocycles. The number of unbranched alkanes of at least 4 members (excludes halogenated alkanes) is 15. The lowest BCUT2D eigenvalue weighted by Crippen LogP contribution is -2.29. The quantitative estimate of drug-likeness (QED) is 0.0280. The summed E-state index contributed by atoms with van der Waals surface area (Å²) in [5.74, 6) is -0.865. The monoisotopic (exact) mass is 725 g/mol. The lowest BCUT2D eigenvalue weighted by Gasteiger charge is -2.19. The van der Waals surface area contributed by atoms with Crippen molar-refractivity contribution in [3.63, 3.8) is 0 Å². The molecule has 290 valence electrons. The Labute approximate surface area is 305 Å². The van der Waals surface area contributed by atoms with E-state index in [-0.39, 0.29) is 32.6 Å². The Bertz CT molecular complexity index is 965. The Balaban J connectivity index is 4.27. The molecule has 3 N–H and O–H groups in total. The first kappa shape index (κ1) is 48.0. The summed E-state index contributed by atoms with van der Waals surface area (Å²) in [5.41, 5.74) is 5.33. The second-order valence-corrected chi connectivity index (χ2v) is 14.2. The summed E-state index contributed by atoms with van der Waals surface area (Å²) in [4.78, 5) is 34.7. The SMILES string of the molecule is CCCC/C=C\C/C=C\CCCCCCCC(=O)OCC(COP(=O)(O)OCCN)OC(=O)CCCCCCC/C=C\C/C=C\CCCCC. The van der Waals surface area contributed by atoms with Gasteiger partial charge in [0.2, 0.25) is 0 Å². The highest BCUT2D eigenvalue weighted by molar-refractivity contribution is 7.47. The lowest BCUT2D eigenvalue weighted by atomic mass is 10.1. The molecule has 0 amide bonds. The van der Waals surface area contributed by atoms with Crippen molar-refractivity contribution in [1.82, 2.24) is 0 Å². The van der Waals surface area contributed by atoms with Crippen LogP contribution in [0.4, 0.5) is 0 Å². The minimum absolute atomic E-state index is 0.0472. The Morgan fingerprint density at radius 1 is 0.600 bits per heavy atom. The predicted molar refractivity (Wildman–Crippen MR) is 206 cm³/mol. The molecule has 2 atom stereocenters. The fourth-order valence-electron chi connectivity index (χ4n) is 4.97. The molecule has 50 heavy (non-hydrogen) atoms.